The minimum atomic E-state index is 0.573. The number of hydrogen-bond acceptors (Lipinski definition) is 2. The van der Waals surface area contributed by atoms with Crippen molar-refractivity contribution in [2.24, 2.45) is 10.8 Å². The Hall–Kier alpha value is -0.0800. The van der Waals surface area contributed by atoms with Gasteiger partial charge in [0.2, 0.25) is 0 Å². The second kappa shape index (κ2) is 5.92. The fraction of sp³-hybridized carbons (Fsp3) is 1.00. The molecule has 0 radical (unpaired) electrons. The zero-order chi connectivity index (χ0) is 13.1. The molecule has 2 saturated carbocycles. The van der Waals surface area contributed by atoms with Crippen LogP contribution in [0.15, 0.2) is 0 Å². The van der Waals surface area contributed by atoms with Crippen LogP contribution in [0, 0.1) is 10.8 Å². The lowest BCUT2D eigenvalue weighted by atomic mass is 9.85. The average Bonchev–Trinajstić information content (AvgIpc) is 3.11. The van der Waals surface area contributed by atoms with Crippen LogP contribution >= 0.6 is 0 Å². The minimum Gasteiger partial charge on any atom is -0.385 e. The van der Waals surface area contributed by atoms with Crippen molar-refractivity contribution in [2.45, 2.75) is 71.3 Å². The molecule has 0 bridgehead atoms. The molecular formula is C16H31NO. The van der Waals surface area contributed by atoms with Gasteiger partial charge in [0.1, 0.15) is 0 Å². The van der Waals surface area contributed by atoms with E-state index in [1.165, 1.54) is 57.9 Å². The lowest BCUT2D eigenvalue weighted by Gasteiger charge is -2.23. The molecule has 2 nitrogen and oxygen atoms in total. The summed E-state index contributed by atoms with van der Waals surface area (Å²) in [6, 6.07) is 0.770. The van der Waals surface area contributed by atoms with E-state index >= 15 is 0 Å². The standard InChI is InChI=1S/C16H31NO/c1-15(2)7-4-5-14(6-8-15)17-13-16(9-10-16)11-12-18-3/h14,17H,4-13H2,1-3H3. The van der Waals surface area contributed by atoms with Gasteiger partial charge in [-0.2, -0.15) is 0 Å². The summed E-state index contributed by atoms with van der Waals surface area (Å²) >= 11 is 0. The maximum Gasteiger partial charge on any atom is 0.0468 e. The Morgan fingerprint density at radius 2 is 1.89 bits per heavy atom. The lowest BCUT2D eigenvalue weighted by molar-refractivity contribution is 0.169. The zero-order valence-corrected chi connectivity index (χ0v) is 12.6. The van der Waals surface area contributed by atoms with Crippen LogP contribution in [-0.2, 0) is 4.74 Å². The lowest BCUT2D eigenvalue weighted by Crippen LogP contribution is -2.34. The summed E-state index contributed by atoms with van der Waals surface area (Å²) in [6.07, 6.45) is 11.0. The highest BCUT2D eigenvalue weighted by molar-refractivity contribution is 4.95. The Morgan fingerprint density at radius 3 is 2.56 bits per heavy atom. The maximum atomic E-state index is 5.23. The molecule has 18 heavy (non-hydrogen) atoms. The van der Waals surface area contributed by atoms with Crippen molar-refractivity contribution in [3.05, 3.63) is 0 Å². The Labute approximate surface area is 113 Å². The Bertz CT molecular complexity index is 258. The molecule has 1 unspecified atom stereocenters. The van der Waals surface area contributed by atoms with Crippen molar-refractivity contribution in [3.8, 4) is 0 Å². The fourth-order valence-corrected chi connectivity index (χ4v) is 3.24. The molecule has 0 aliphatic heterocycles. The Kier molecular flexibility index (Phi) is 4.71. The molecule has 0 spiro atoms. The molecule has 2 fully saturated rings. The predicted octanol–water partition coefficient (Wildman–Crippen LogP) is 3.75. The number of hydrogen-bond donors (Lipinski definition) is 1. The van der Waals surface area contributed by atoms with Gasteiger partial charge in [0.05, 0.1) is 0 Å². The molecule has 2 aliphatic carbocycles. The summed E-state index contributed by atoms with van der Waals surface area (Å²) in [4.78, 5) is 0. The largest absolute Gasteiger partial charge is 0.385 e. The first-order chi connectivity index (χ1) is 8.55. The summed E-state index contributed by atoms with van der Waals surface area (Å²) in [5.41, 5.74) is 1.17. The van der Waals surface area contributed by atoms with Gasteiger partial charge in [0, 0.05) is 26.3 Å². The zero-order valence-electron chi connectivity index (χ0n) is 12.6. The molecule has 0 heterocycles. The van der Waals surface area contributed by atoms with Crippen molar-refractivity contribution in [2.75, 3.05) is 20.3 Å². The van der Waals surface area contributed by atoms with Crippen molar-refractivity contribution in [1.29, 1.82) is 0 Å². The van der Waals surface area contributed by atoms with Gasteiger partial charge in [-0.15, -0.1) is 0 Å². The number of ether oxygens (including phenoxy) is 1. The summed E-state index contributed by atoms with van der Waals surface area (Å²) in [7, 11) is 1.82. The van der Waals surface area contributed by atoms with E-state index in [2.05, 4.69) is 19.2 Å². The molecule has 2 heteroatoms. The second-order valence-electron chi connectivity index (χ2n) is 7.42. The molecule has 2 aliphatic rings. The third-order valence-corrected chi connectivity index (χ3v) is 5.14. The first-order valence-electron chi connectivity index (χ1n) is 7.78. The van der Waals surface area contributed by atoms with E-state index in [-0.39, 0.29) is 0 Å². The van der Waals surface area contributed by atoms with E-state index in [4.69, 9.17) is 4.74 Å². The molecule has 1 atom stereocenters. The topological polar surface area (TPSA) is 21.3 Å². The summed E-state index contributed by atoms with van der Waals surface area (Å²) in [6.45, 7) is 7.01. The van der Waals surface area contributed by atoms with E-state index in [9.17, 15) is 0 Å². The first kappa shape index (κ1) is 14.3. The van der Waals surface area contributed by atoms with E-state index < -0.39 is 0 Å². The predicted molar refractivity (Wildman–Crippen MR) is 76.8 cm³/mol. The quantitative estimate of drug-likeness (QED) is 0.728. The van der Waals surface area contributed by atoms with Gasteiger partial charge >= 0.3 is 0 Å². The smallest absolute Gasteiger partial charge is 0.0468 e. The van der Waals surface area contributed by atoms with Crippen LogP contribution in [0.3, 0.4) is 0 Å². The summed E-state index contributed by atoms with van der Waals surface area (Å²) in [5.74, 6) is 0. The van der Waals surface area contributed by atoms with Gasteiger partial charge < -0.3 is 10.1 Å². The summed E-state index contributed by atoms with van der Waals surface area (Å²) in [5, 5.41) is 3.86. The van der Waals surface area contributed by atoms with Crippen molar-refractivity contribution in [1.82, 2.24) is 5.32 Å². The number of rotatable bonds is 6. The average molecular weight is 253 g/mol. The third-order valence-electron chi connectivity index (χ3n) is 5.14. The molecule has 2 rings (SSSR count). The van der Waals surface area contributed by atoms with Crippen molar-refractivity contribution < 1.29 is 4.74 Å². The Morgan fingerprint density at radius 1 is 1.11 bits per heavy atom. The van der Waals surface area contributed by atoms with Crippen LogP contribution in [0.4, 0.5) is 0 Å². The van der Waals surface area contributed by atoms with Gasteiger partial charge in [-0.3, -0.25) is 0 Å². The highest BCUT2D eigenvalue weighted by Crippen LogP contribution is 2.48. The highest BCUT2D eigenvalue weighted by Gasteiger charge is 2.42. The molecular weight excluding hydrogens is 222 g/mol. The molecule has 0 aromatic heterocycles. The highest BCUT2D eigenvalue weighted by atomic mass is 16.5. The minimum absolute atomic E-state index is 0.573. The van der Waals surface area contributed by atoms with Crippen molar-refractivity contribution >= 4 is 0 Å². The van der Waals surface area contributed by atoms with Gasteiger partial charge in [0.25, 0.3) is 0 Å². The van der Waals surface area contributed by atoms with E-state index in [1.807, 2.05) is 7.11 Å². The number of methoxy groups -OCH3 is 1. The van der Waals surface area contributed by atoms with E-state index in [0.29, 0.717) is 10.8 Å². The van der Waals surface area contributed by atoms with Gasteiger partial charge in [0.15, 0.2) is 0 Å². The van der Waals surface area contributed by atoms with Crippen molar-refractivity contribution in [3.63, 3.8) is 0 Å². The van der Waals surface area contributed by atoms with E-state index in [1.54, 1.807) is 0 Å². The Balaban J connectivity index is 1.70. The molecule has 1 N–H and O–H groups in total. The monoisotopic (exact) mass is 253 g/mol. The van der Waals surface area contributed by atoms with Crippen LogP contribution < -0.4 is 5.32 Å². The fourth-order valence-electron chi connectivity index (χ4n) is 3.24. The maximum absolute atomic E-state index is 5.23. The SMILES string of the molecule is COCCC1(CNC2CCCC(C)(C)CC2)CC1. The normalized spacial score (nSPS) is 29.8. The molecule has 0 saturated heterocycles. The summed E-state index contributed by atoms with van der Waals surface area (Å²) < 4.78 is 5.23. The van der Waals surface area contributed by atoms with Gasteiger partial charge in [-0.25, -0.2) is 0 Å². The van der Waals surface area contributed by atoms with Crippen LogP contribution in [0.5, 0.6) is 0 Å². The van der Waals surface area contributed by atoms with Crippen LogP contribution in [0.25, 0.3) is 0 Å². The third kappa shape index (κ3) is 4.24. The molecule has 0 aromatic rings. The molecule has 0 aromatic carbocycles. The molecule has 0 amide bonds. The van der Waals surface area contributed by atoms with E-state index in [0.717, 1.165) is 12.6 Å². The second-order valence-corrected chi connectivity index (χ2v) is 7.42. The first-order valence-corrected chi connectivity index (χ1v) is 7.78. The van der Waals surface area contributed by atoms with Crippen LogP contribution in [0.2, 0.25) is 0 Å². The van der Waals surface area contributed by atoms with Gasteiger partial charge in [-0.1, -0.05) is 20.3 Å². The number of nitrogens with one attached hydrogen (secondary N) is 1. The molecule has 106 valence electrons. The van der Waals surface area contributed by atoms with Crippen LogP contribution in [-0.4, -0.2) is 26.3 Å². The van der Waals surface area contributed by atoms with Crippen LogP contribution in [0.1, 0.15) is 65.2 Å². The van der Waals surface area contributed by atoms with Gasteiger partial charge in [-0.05, 0) is 55.8 Å².